The average molecular weight is 438 g/mol. The molecule has 1 fully saturated rings. The van der Waals surface area contributed by atoms with E-state index in [1.54, 1.807) is 31.2 Å². The molecule has 0 amide bonds. The van der Waals surface area contributed by atoms with Gasteiger partial charge in [-0.3, -0.25) is 4.79 Å². The van der Waals surface area contributed by atoms with Crippen LogP contribution >= 0.6 is 11.9 Å². The minimum Gasteiger partial charge on any atom is -0.494 e. The third-order valence-corrected chi connectivity index (χ3v) is 6.80. The Balaban J connectivity index is 1.28. The molecule has 1 aliphatic heterocycles. The molecule has 158 valence electrons. The van der Waals surface area contributed by atoms with E-state index in [2.05, 4.69) is 9.21 Å². The molecule has 0 atom stereocenters. The lowest BCUT2D eigenvalue weighted by Crippen LogP contribution is -2.43. The van der Waals surface area contributed by atoms with Gasteiger partial charge in [0, 0.05) is 48.3 Å². The van der Waals surface area contributed by atoms with Gasteiger partial charge >= 0.3 is 0 Å². The van der Waals surface area contributed by atoms with Gasteiger partial charge in [-0.15, -0.1) is 0 Å². The van der Waals surface area contributed by atoms with Crippen molar-refractivity contribution < 1.29 is 18.3 Å². The number of hydrogen-bond acceptors (Lipinski definition) is 5. The van der Waals surface area contributed by atoms with Crippen molar-refractivity contribution in [2.24, 2.45) is 0 Å². The van der Waals surface area contributed by atoms with E-state index < -0.39 is 5.82 Å². The Hall–Kier alpha value is -2.90. The molecule has 2 aliphatic rings. The fraction of sp³-hybridized carbons (Fsp3) is 0.208. The fourth-order valence-electron chi connectivity index (χ4n) is 4.17. The predicted molar refractivity (Wildman–Crippen MR) is 118 cm³/mol. The molecule has 4 nitrogen and oxygen atoms in total. The molecule has 0 radical (unpaired) electrons. The van der Waals surface area contributed by atoms with Crippen LogP contribution in [0.5, 0.6) is 5.75 Å². The van der Waals surface area contributed by atoms with Gasteiger partial charge in [-0.25, -0.2) is 13.1 Å². The molecule has 0 unspecified atom stereocenters. The van der Waals surface area contributed by atoms with E-state index in [1.807, 2.05) is 18.2 Å². The Bertz CT molecular complexity index is 1180. The van der Waals surface area contributed by atoms with Crippen LogP contribution in [0.1, 0.15) is 15.9 Å². The number of carbonyl (C=O) groups is 1. The lowest BCUT2D eigenvalue weighted by atomic mass is 10.1. The zero-order chi connectivity index (χ0) is 21.5. The highest BCUT2D eigenvalue weighted by Crippen LogP contribution is 2.39. The van der Waals surface area contributed by atoms with Gasteiger partial charge in [0.1, 0.15) is 17.4 Å². The number of anilines is 1. The third-order valence-electron chi connectivity index (χ3n) is 5.71. The van der Waals surface area contributed by atoms with Crippen LogP contribution in [0.4, 0.5) is 14.5 Å². The maximum atomic E-state index is 13.6. The lowest BCUT2D eigenvalue weighted by Gasteiger charge is -2.35. The van der Waals surface area contributed by atoms with Gasteiger partial charge in [-0.1, -0.05) is 12.1 Å². The van der Waals surface area contributed by atoms with E-state index >= 15 is 0 Å². The van der Waals surface area contributed by atoms with E-state index in [4.69, 9.17) is 4.74 Å². The molecule has 3 aromatic rings. The van der Waals surface area contributed by atoms with Crippen molar-refractivity contribution in [3.05, 3.63) is 77.4 Å². The van der Waals surface area contributed by atoms with Crippen LogP contribution in [-0.2, 0) is 0 Å². The van der Waals surface area contributed by atoms with E-state index in [0.29, 0.717) is 16.9 Å². The molecule has 0 N–H and O–H groups in total. The SMILES string of the molecule is COc1cc(F)ccc1N1CCN(Sc2ccc3c(c2)C(=O)c2cc(F)ccc2-3)CC1. The molecule has 0 spiro atoms. The Kier molecular flexibility index (Phi) is 5.16. The number of halogens is 2. The summed E-state index contributed by atoms with van der Waals surface area (Å²) < 4.78 is 34.6. The van der Waals surface area contributed by atoms with Crippen molar-refractivity contribution in [3.8, 4) is 16.9 Å². The quantitative estimate of drug-likeness (QED) is 0.418. The maximum absolute atomic E-state index is 13.6. The second kappa shape index (κ2) is 7.98. The topological polar surface area (TPSA) is 32.8 Å². The van der Waals surface area contributed by atoms with Crippen molar-refractivity contribution >= 4 is 23.4 Å². The molecule has 5 rings (SSSR count). The van der Waals surface area contributed by atoms with Gasteiger partial charge in [0.15, 0.2) is 5.78 Å². The van der Waals surface area contributed by atoms with Crippen molar-refractivity contribution in [1.82, 2.24) is 4.31 Å². The number of benzene rings is 3. The first-order chi connectivity index (χ1) is 15.0. The Morgan fingerprint density at radius 3 is 2.19 bits per heavy atom. The number of ketones is 1. The number of nitrogens with zero attached hydrogens (tertiary/aromatic N) is 2. The first-order valence-corrected chi connectivity index (χ1v) is 10.8. The highest BCUT2D eigenvalue weighted by Gasteiger charge is 2.28. The highest BCUT2D eigenvalue weighted by molar-refractivity contribution is 7.97. The molecule has 1 heterocycles. The first kappa shape index (κ1) is 20.0. The van der Waals surface area contributed by atoms with Gasteiger partial charge in [0.2, 0.25) is 0 Å². The van der Waals surface area contributed by atoms with Crippen LogP contribution < -0.4 is 9.64 Å². The predicted octanol–water partition coefficient (Wildman–Crippen LogP) is 5.01. The number of ether oxygens (including phenoxy) is 1. The van der Waals surface area contributed by atoms with Crippen molar-refractivity contribution in [3.63, 3.8) is 0 Å². The van der Waals surface area contributed by atoms with Crippen molar-refractivity contribution in [2.45, 2.75) is 4.90 Å². The largest absolute Gasteiger partial charge is 0.494 e. The second-order valence-corrected chi connectivity index (χ2v) is 8.72. The summed E-state index contributed by atoms with van der Waals surface area (Å²) in [6, 6.07) is 14.8. The average Bonchev–Trinajstić information content (AvgIpc) is 3.05. The number of hydrogen-bond donors (Lipinski definition) is 0. The standard InChI is InChI=1S/C24H20F2N2O2S/c1-30-23-13-16(26)3-7-22(23)27-8-10-28(11-9-27)31-17-4-6-19-18-5-2-15(25)12-20(18)24(29)21(19)14-17/h2-7,12-14H,8-11H2,1H3. The van der Waals surface area contributed by atoms with Crippen LogP contribution in [0.3, 0.4) is 0 Å². The number of carbonyl (C=O) groups excluding carboxylic acids is 1. The van der Waals surface area contributed by atoms with Gasteiger partial charge in [-0.2, -0.15) is 0 Å². The van der Waals surface area contributed by atoms with E-state index in [9.17, 15) is 13.6 Å². The zero-order valence-electron chi connectivity index (χ0n) is 16.9. The molecule has 7 heteroatoms. The Labute approximate surface area is 183 Å². The monoisotopic (exact) mass is 438 g/mol. The minimum atomic E-state index is -0.398. The van der Waals surface area contributed by atoms with Gasteiger partial charge in [0.25, 0.3) is 0 Å². The third kappa shape index (κ3) is 3.68. The maximum Gasteiger partial charge on any atom is 0.194 e. The molecule has 31 heavy (non-hydrogen) atoms. The lowest BCUT2D eigenvalue weighted by molar-refractivity contribution is 0.104. The molecular weight excluding hydrogens is 418 g/mol. The zero-order valence-corrected chi connectivity index (χ0v) is 17.7. The first-order valence-electron chi connectivity index (χ1n) is 10.0. The van der Waals surface area contributed by atoms with Crippen LogP contribution in [0.15, 0.2) is 59.5 Å². The summed E-state index contributed by atoms with van der Waals surface area (Å²) in [5, 5.41) is 0. The number of fused-ring (bicyclic) bond motifs is 3. The second-order valence-electron chi connectivity index (χ2n) is 7.55. The highest BCUT2D eigenvalue weighted by atomic mass is 32.2. The summed E-state index contributed by atoms with van der Waals surface area (Å²) in [6.07, 6.45) is 0. The fourth-order valence-corrected chi connectivity index (χ4v) is 5.11. The number of methoxy groups -OCH3 is 1. The number of rotatable bonds is 4. The molecule has 1 saturated heterocycles. The van der Waals surface area contributed by atoms with E-state index in [0.717, 1.165) is 47.9 Å². The smallest absolute Gasteiger partial charge is 0.194 e. The van der Waals surface area contributed by atoms with E-state index in [1.165, 1.54) is 24.3 Å². The number of piperazine rings is 1. The van der Waals surface area contributed by atoms with E-state index in [-0.39, 0.29) is 11.6 Å². The summed E-state index contributed by atoms with van der Waals surface area (Å²) in [4.78, 5) is 15.9. The van der Waals surface area contributed by atoms with Crippen molar-refractivity contribution in [1.29, 1.82) is 0 Å². The molecule has 0 bridgehead atoms. The van der Waals surface area contributed by atoms with Crippen LogP contribution in [0, 0.1) is 11.6 Å². The molecule has 1 aliphatic carbocycles. The van der Waals surface area contributed by atoms with Crippen LogP contribution in [-0.4, -0.2) is 43.4 Å². The van der Waals surface area contributed by atoms with Crippen molar-refractivity contribution in [2.75, 3.05) is 38.2 Å². The summed E-state index contributed by atoms with van der Waals surface area (Å²) in [6.45, 7) is 3.18. The molecule has 0 saturated carbocycles. The van der Waals surface area contributed by atoms with Gasteiger partial charge < -0.3 is 9.64 Å². The Morgan fingerprint density at radius 2 is 1.45 bits per heavy atom. The minimum absolute atomic E-state index is 0.125. The normalized spacial score (nSPS) is 15.7. The van der Waals surface area contributed by atoms with Crippen LogP contribution in [0.25, 0.3) is 11.1 Å². The van der Waals surface area contributed by atoms with Crippen LogP contribution in [0.2, 0.25) is 0 Å². The summed E-state index contributed by atoms with van der Waals surface area (Å²) in [5.41, 5.74) is 3.60. The molecular formula is C24H20F2N2O2S. The Morgan fingerprint density at radius 1 is 0.806 bits per heavy atom. The summed E-state index contributed by atoms with van der Waals surface area (Å²) in [5.74, 6) is -0.301. The molecule has 0 aromatic heterocycles. The van der Waals surface area contributed by atoms with Gasteiger partial charge in [-0.05, 0) is 59.5 Å². The van der Waals surface area contributed by atoms with Gasteiger partial charge in [0.05, 0.1) is 12.8 Å². The molecule has 3 aromatic carbocycles. The summed E-state index contributed by atoms with van der Waals surface area (Å²) in [7, 11) is 1.55. The summed E-state index contributed by atoms with van der Waals surface area (Å²) >= 11 is 1.61.